The highest BCUT2D eigenvalue weighted by Crippen LogP contribution is 2.40. The summed E-state index contributed by atoms with van der Waals surface area (Å²) in [7, 11) is 1.85. The van der Waals surface area contributed by atoms with Crippen LogP contribution in [0.15, 0.2) is 24.3 Å². The number of carbonyl (C=O) groups excluding carboxylic acids is 2. The number of amides is 2. The van der Waals surface area contributed by atoms with Gasteiger partial charge in [0, 0.05) is 31.9 Å². The van der Waals surface area contributed by atoms with Gasteiger partial charge in [0.1, 0.15) is 5.60 Å². The third-order valence-corrected chi connectivity index (χ3v) is 6.32. The Balaban J connectivity index is 1.19. The predicted octanol–water partition coefficient (Wildman–Crippen LogP) is 1.05. The minimum Gasteiger partial charge on any atom is -0.378 e. The Morgan fingerprint density at radius 2 is 1.93 bits per heavy atom. The number of aromatic nitrogens is 2. The van der Waals surface area contributed by atoms with E-state index in [1.165, 1.54) is 0 Å². The molecule has 3 fully saturated rings. The summed E-state index contributed by atoms with van der Waals surface area (Å²) >= 11 is 0. The van der Waals surface area contributed by atoms with Crippen molar-refractivity contribution in [3.8, 4) is 0 Å². The van der Waals surface area contributed by atoms with Crippen LogP contribution in [0, 0.1) is 5.92 Å². The third-order valence-electron chi connectivity index (χ3n) is 6.32. The van der Waals surface area contributed by atoms with Crippen LogP contribution in [0.2, 0.25) is 0 Å². The molecule has 1 unspecified atom stereocenters. The molecular weight excluding hydrogens is 372 g/mol. The molecular formula is C21H26N4O4. The van der Waals surface area contributed by atoms with Gasteiger partial charge >= 0.3 is 0 Å². The number of rotatable bonds is 3. The average molecular weight is 398 g/mol. The highest BCUT2D eigenvalue weighted by molar-refractivity contribution is 6.05. The molecule has 0 radical (unpaired) electrons. The van der Waals surface area contributed by atoms with Crippen LogP contribution < -0.4 is 0 Å². The lowest BCUT2D eigenvalue weighted by molar-refractivity contribution is -0.136. The molecule has 1 atom stereocenters. The molecule has 1 aromatic heterocycles. The number of carbonyl (C=O) groups is 2. The van der Waals surface area contributed by atoms with Crippen molar-refractivity contribution in [3.63, 3.8) is 0 Å². The number of hydrogen-bond acceptors (Lipinski definition) is 5. The first kappa shape index (κ1) is 18.6. The van der Waals surface area contributed by atoms with Crippen molar-refractivity contribution in [2.75, 3.05) is 46.0 Å². The molecule has 0 aliphatic carbocycles. The fraction of sp³-hybridized carbons (Fsp3) is 0.571. The second kappa shape index (κ2) is 7.11. The number of nitrogens with zero attached hydrogens (tertiary/aromatic N) is 4. The number of aryl methyl sites for hydroxylation is 1. The van der Waals surface area contributed by atoms with Gasteiger partial charge in [-0.3, -0.25) is 14.3 Å². The molecule has 8 nitrogen and oxygen atoms in total. The lowest BCUT2D eigenvalue weighted by atomic mass is 9.85. The van der Waals surface area contributed by atoms with E-state index >= 15 is 0 Å². The van der Waals surface area contributed by atoms with Crippen LogP contribution >= 0.6 is 0 Å². The van der Waals surface area contributed by atoms with E-state index in [2.05, 4.69) is 5.10 Å². The van der Waals surface area contributed by atoms with E-state index in [-0.39, 0.29) is 23.3 Å². The molecule has 8 heteroatoms. The first-order chi connectivity index (χ1) is 14.0. The van der Waals surface area contributed by atoms with Gasteiger partial charge in [-0.1, -0.05) is 18.2 Å². The van der Waals surface area contributed by atoms with E-state index in [9.17, 15) is 9.59 Å². The Morgan fingerprint density at radius 3 is 2.72 bits per heavy atom. The van der Waals surface area contributed by atoms with Crippen LogP contribution in [0.1, 0.15) is 23.3 Å². The van der Waals surface area contributed by atoms with Gasteiger partial charge in [0.15, 0.2) is 5.69 Å². The highest BCUT2D eigenvalue weighted by atomic mass is 16.5. The smallest absolute Gasteiger partial charge is 0.275 e. The molecule has 5 rings (SSSR count). The summed E-state index contributed by atoms with van der Waals surface area (Å²) in [5, 5.41) is 5.32. The second-order valence-corrected chi connectivity index (χ2v) is 8.41. The van der Waals surface area contributed by atoms with Crippen molar-refractivity contribution in [2.24, 2.45) is 13.0 Å². The summed E-state index contributed by atoms with van der Waals surface area (Å²) < 4.78 is 13.1. The fourth-order valence-corrected chi connectivity index (χ4v) is 4.79. The summed E-state index contributed by atoms with van der Waals surface area (Å²) in [6, 6.07) is 7.77. The number of para-hydroxylation sites is 1. The summed E-state index contributed by atoms with van der Waals surface area (Å²) in [6.45, 7) is 4.32. The number of hydrogen-bond donors (Lipinski definition) is 0. The van der Waals surface area contributed by atoms with Gasteiger partial charge in [0.25, 0.3) is 5.91 Å². The topological polar surface area (TPSA) is 76.9 Å². The third kappa shape index (κ3) is 3.30. The maximum absolute atomic E-state index is 13.0. The number of benzene rings is 1. The zero-order valence-electron chi connectivity index (χ0n) is 16.7. The second-order valence-electron chi connectivity index (χ2n) is 8.41. The van der Waals surface area contributed by atoms with Crippen molar-refractivity contribution in [1.82, 2.24) is 19.6 Å². The Hall–Kier alpha value is -2.45. The van der Waals surface area contributed by atoms with E-state index in [4.69, 9.17) is 9.47 Å². The molecule has 0 N–H and O–H groups in total. The average Bonchev–Trinajstić information content (AvgIpc) is 3.29. The molecule has 1 spiro atoms. The molecule has 154 valence electrons. The summed E-state index contributed by atoms with van der Waals surface area (Å²) in [4.78, 5) is 29.2. The molecule has 2 amide bonds. The lowest BCUT2D eigenvalue weighted by Gasteiger charge is -2.46. The maximum atomic E-state index is 13.0. The van der Waals surface area contributed by atoms with Crippen molar-refractivity contribution in [3.05, 3.63) is 30.0 Å². The largest absolute Gasteiger partial charge is 0.378 e. The summed E-state index contributed by atoms with van der Waals surface area (Å²) in [5.41, 5.74) is 1.15. The van der Waals surface area contributed by atoms with Crippen LogP contribution in [0.5, 0.6) is 0 Å². The Kier molecular flexibility index (Phi) is 4.55. The summed E-state index contributed by atoms with van der Waals surface area (Å²) in [5.74, 6) is 0.355. The Morgan fingerprint density at radius 1 is 1.17 bits per heavy atom. The van der Waals surface area contributed by atoms with Gasteiger partial charge in [0.2, 0.25) is 5.91 Å². The van der Waals surface area contributed by atoms with E-state index in [0.717, 1.165) is 17.3 Å². The molecule has 3 aliphatic rings. The van der Waals surface area contributed by atoms with Crippen molar-refractivity contribution < 1.29 is 19.1 Å². The standard InChI is InChI=1S/C21H26N4O4/c1-23-17-5-3-2-4-16(17)19(22-23)20(27)25-13-21(14-25)11-15(12-29-21)10-18(26)24-6-8-28-9-7-24/h2-5,15H,6-14H2,1H3. The number of morpholine rings is 1. The fourth-order valence-electron chi connectivity index (χ4n) is 4.79. The first-order valence-corrected chi connectivity index (χ1v) is 10.3. The zero-order chi connectivity index (χ0) is 20.0. The van der Waals surface area contributed by atoms with Crippen LogP contribution in [-0.4, -0.2) is 83.0 Å². The molecule has 29 heavy (non-hydrogen) atoms. The lowest BCUT2D eigenvalue weighted by Crippen LogP contribution is -2.63. The Labute approximate surface area is 169 Å². The minimum atomic E-state index is -0.295. The highest BCUT2D eigenvalue weighted by Gasteiger charge is 2.52. The minimum absolute atomic E-state index is 0.0520. The molecule has 0 bridgehead atoms. The summed E-state index contributed by atoms with van der Waals surface area (Å²) in [6.07, 6.45) is 1.34. The molecule has 1 aromatic carbocycles. The molecule has 2 aromatic rings. The van der Waals surface area contributed by atoms with Crippen molar-refractivity contribution >= 4 is 22.7 Å². The van der Waals surface area contributed by atoms with Crippen LogP contribution in [-0.2, 0) is 21.3 Å². The Bertz CT molecular complexity index is 943. The molecule has 4 heterocycles. The first-order valence-electron chi connectivity index (χ1n) is 10.3. The van der Waals surface area contributed by atoms with E-state index in [1.807, 2.05) is 36.2 Å². The normalized spacial score (nSPS) is 23.6. The molecule has 3 saturated heterocycles. The van der Waals surface area contributed by atoms with Crippen LogP contribution in [0.25, 0.3) is 10.9 Å². The van der Waals surface area contributed by atoms with Gasteiger partial charge in [-0.15, -0.1) is 0 Å². The number of likely N-dealkylation sites (tertiary alicyclic amines) is 1. The van der Waals surface area contributed by atoms with E-state index in [0.29, 0.717) is 58.1 Å². The van der Waals surface area contributed by atoms with Gasteiger partial charge in [0.05, 0.1) is 38.4 Å². The monoisotopic (exact) mass is 398 g/mol. The van der Waals surface area contributed by atoms with Crippen LogP contribution in [0.3, 0.4) is 0 Å². The molecule has 0 saturated carbocycles. The maximum Gasteiger partial charge on any atom is 0.275 e. The van der Waals surface area contributed by atoms with E-state index in [1.54, 1.807) is 9.58 Å². The van der Waals surface area contributed by atoms with Crippen molar-refractivity contribution in [2.45, 2.75) is 18.4 Å². The van der Waals surface area contributed by atoms with E-state index < -0.39 is 0 Å². The number of fused-ring (bicyclic) bond motifs is 1. The number of ether oxygens (including phenoxy) is 2. The van der Waals surface area contributed by atoms with Gasteiger partial charge in [-0.05, 0) is 18.4 Å². The zero-order valence-corrected chi connectivity index (χ0v) is 16.7. The molecule has 3 aliphatic heterocycles. The van der Waals surface area contributed by atoms with Gasteiger partial charge in [-0.25, -0.2) is 0 Å². The van der Waals surface area contributed by atoms with Gasteiger partial charge < -0.3 is 19.3 Å². The van der Waals surface area contributed by atoms with Crippen LogP contribution in [0.4, 0.5) is 0 Å². The predicted molar refractivity (Wildman–Crippen MR) is 105 cm³/mol. The quantitative estimate of drug-likeness (QED) is 0.773. The van der Waals surface area contributed by atoms with Gasteiger partial charge in [-0.2, -0.15) is 5.10 Å². The van der Waals surface area contributed by atoms with Crippen molar-refractivity contribution in [1.29, 1.82) is 0 Å². The SMILES string of the molecule is Cn1nc(C(=O)N2CC3(CC(CC(=O)N4CCOCC4)CO3)C2)c2ccccc21.